The predicted molar refractivity (Wildman–Crippen MR) is 133 cm³/mol. The Balaban J connectivity index is 1.49. The van der Waals surface area contributed by atoms with Gasteiger partial charge in [-0.25, -0.2) is 4.68 Å². The average molecular weight is 459 g/mol. The fourth-order valence-corrected chi connectivity index (χ4v) is 4.38. The van der Waals surface area contributed by atoms with Crippen molar-refractivity contribution in [1.29, 1.82) is 0 Å². The minimum atomic E-state index is -0.121. The standard InChI is InChI=1S/C25H26N6OS/c1-5-14-30-24(20-11-9-10-17(2)15-20)27-28-25(30)33-16-22(32)26-23-18(3)29-31(19(23)4)21-12-7-6-8-13-21/h5-13,15H,1,14,16H2,2-4H3,(H,26,32). The molecule has 0 saturated carbocycles. The maximum absolute atomic E-state index is 12.8. The van der Waals surface area contributed by atoms with Gasteiger partial charge in [0.1, 0.15) is 0 Å². The third kappa shape index (κ3) is 4.90. The van der Waals surface area contributed by atoms with Gasteiger partial charge < -0.3 is 5.32 Å². The van der Waals surface area contributed by atoms with Crippen molar-refractivity contribution >= 4 is 23.4 Å². The first-order valence-electron chi connectivity index (χ1n) is 10.6. The molecule has 2 aromatic heterocycles. The summed E-state index contributed by atoms with van der Waals surface area (Å²) in [7, 11) is 0. The second kappa shape index (κ2) is 9.87. The summed E-state index contributed by atoms with van der Waals surface area (Å²) in [5.41, 5.74) is 5.47. The quantitative estimate of drug-likeness (QED) is 0.298. The second-order valence-electron chi connectivity index (χ2n) is 7.70. The second-order valence-corrected chi connectivity index (χ2v) is 8.65. The highest BCUT2D eigenvalue weighted by Crippen LogP contribution is 2.26. The van der Waals surface area contributed by atoms with E-state index in [0.717, 1.165) is 39.7 Å². The van der Waals surface area contributed by atoms with Crippen LogP contribution in [0.4, 0.5) is 5.69 Å². The van der Waals surface area contributed by atoms with Gasteiger partial charge in [-0.05, 0) is 39.0 Å². The molecule has 168 valence electrons. The highest BCUT2D eigenvalue weighted by molar-refractivity contribution is 7.99. The van der Waals surface area contributed by atoms with Gasteiger partial charge in [0, 0.05) is 12.1 Å². The van der Waals surface area contributed by atoms with Gasteiger partial charge in [0.15, 0.2) is 11.0 Å². The molecule has 0 aliphatic rings. The summed E-state index contributed by atoms with van der Waals surface area (Å²) in [6.45, 7) is 10.3. The van der Waals surface area contributed by atoms with Crippen molar-refractivity contribution < 1.29 is 4.79 Å². The van der Waals surface area contributed by atoms with E-state index in [-0.39, 0.29) is 11.7 Å². The zero-order valence-electron chi connectivity index (χ0n) is 18.9. The Labute approximate surface area is 197 Å². The number of hydrogen-bond acceptors (Lipinski definition) is 5. The van der Waals surface area contributed by atoms with Crippen molar-refractivity contribution in [3.8, 4) is 17.1 Å². The number of anilines is 1. The zero-order chi connectivity index (χ0) is 23.4. The molecule has 0 bridgehead atoms. The van der Waals surface area contributed by atoms with E-state index in [0.29, 0.717) is 11.7 Å². The number of nitrogens with zero attached hydrogens (tertiary/aromatic N) is 5. The molecule has 2 aromatic carbocycles. The van der Waals surface area contributed by atoms with Crippen LogP contribution < -0.4 is 5.32 Å². The van der Waals surface area contributed by atoms with Gasteiger partial charge in [0.05, 0.1) is 28.5 Å². The maximum atomic E-state index is 12.8. The molecule has 7 nitrogen and oxygen atoms in total. The molecule has 0 aliphatic heterocycles. The molecule has 4 rings (SSSR count). The van der Waals surface area contributed by atoms with Crippen molar-refractivity contribution in [3.05, 3.63) is 84.2 Å². The fourth-order valence-electron chi connectivity index (χ4n) is 3.64. The van der Waals surface area contributed by atoms with Crippen molar-refractivity contribution in [1.82, 2.24) is 24.5 Å². The number of hydrogen-bond donors (Lipinski definition) is 1. The van der Waals surface area contributed by atoms with Crippen LogP contribution in [0, 0.1) is 20.8 Å². The largest absolute Gasteiger partial charge is 0.322 e. The highest BCUT2D eigenvalue weighted by Gasteiger charge is 2.18. The van der Waals surface area contributed by atoms with Crippen LogP contribution in [0.15, 0.2) is 72.4 Å². The smallest absolute Gasteiger partial charge is 0.234 e. The lowest BCUT2D eigenvalue weighted by Gasteiger charge is -2.09. The fraction of sp³-hybridized carbons (Fsp3) is 0.200. The van der Waals surface area contributed by atoms with Crippen molar-refractivity contribution in [2.24, 2.45) is 0 Å². The number of para-hydroxylation sites is 1. The number of aromatic nitrogens is 5. The first kappa shape index (κ1) is 22.5. The summed E-state index contributed by atoms with van der Waals surface area (Å²) in [6, 6.07) is 18.0. The molecule has 1 N–H and O–H groups in total. The van der Waals surface area contributed by atoms with Crippen molar-refractivity contribution in [2.45, 2.75) is 32.5 Å². The number of aryl methyl sites for hydroxylation is 2. The van der Waals surface area contributed by atoms with Gasteiger partial charge in [-0.1, -0.05) is 59.8 Å². The normalized spacial score (nSPS) is 10.9. The molecule has 0 atom stereocenters. The van der Waals surface area contributed by atoms with E-state index in [1.165, 1.54) is 11.8 Å². The Bertz CT molecular complexity index is 1290. The minimum Gasteiger partial charge on any atom is -0.322 e. The highest BCUT2D eigenvalue weighted by atomic mass is 32.2. The molecule has 1 amide bonds. The van der Waals surface area contributed by atoms with Crippen LogP contribution in [0.1, 0.15) is 17.0 Å². The summed E-state index contributed by atoms with van der Waals surface area (Å²) in [5.74, 6) is 0.847. The van der Waals surface area contributed by atoms with Gasteiger partial charge in [0.25, 0.3) is 0 Å². The van der Waals surface area contributed by atoms with Crippen LogP contribution in [0.2, 0.25) is 0 Å². The lowest BCUT2D eigenvalue weighted by atomic mass is 10.1. The molecule has 8 heteroatoms. The number of rotatable bonds is 8. The Morgan fingerprint density at radius 1 is 1.09 bits per heavy atom. The molecule has 2 heterocycles. The number of thioether (sulfide) groups is 1. The van der Waals surface area contributed by atoms with E-state index >= 15 is 0 Å². The van der Waals surface area contributed by atoms with Crippen LogP contribution in [-0.2, 0) is 11.3 Å². The molecule has 33 heavy (non-hydrogen) atoms. The summed E-state index contributed by atoms with van der Waals surface area (Å²) >= 11 is 1.35. The van der Waals surface area contributed by atoms with E-state index in [1.807, 2.05) is 78.6 Å². The number of nitrogens with one attached hydrogen (secondary N) is 1. The monoisotopic (exact) mass is 458 g/mol. The third-order valence-electron chi connectivity index (χ3n) is 5.19. The van der Waals surface area contributed by atoms with Gasteiger partial charge >= 0.3 is 0 Å². The summed E-state index contributed by atoms with van der Waals surface area (Å²) in [5, 5.41) is 17.0. The Morgan fingerprint density at radius 3 is 2.61 bits per heavy atom. The summed E-state index contributed by atoms with van der Waals surface area (Å²) in [6.07, 6.45) is 1.80. The van der Waals surface area contributed by atoms with E-state index in [9.17, 15) is 4.79 Å². The predicted octanol–water partition coefficient (Wildman–Crippen LogP) is 4.97. The van der Waals surface area contributed by atoms with E-state index in [1.54, 1.807) is 6.08 Å². The summed E-state index contributed by atoms with van der Waals surface area (Å²) < 4.78 is 3.82. The van der Waals surface area contributed by atoms with Gasteiger partial charge in [-0.2, -0.15) is 5.10 Å². The lowest BCUT2D eigenvalue weighted by Crippen LogP contribution is -2.16. The van der Waals surface area contributed by atoms with Gasteiger partial charge in [-0.15, -0.1) is 16.8 Å². The number of benzene rings is 2. The van der Waals surface area contributed by atoms with Crippen LogP contribution in [0.25, 0.3) is 17.1 Å². The molecule has 0 radical (unpaired) electrons. The Hall–Kier alpha value is -3.65. The number of carbonyl (C=O) groups excluding carboxylic acids is 1. The van der Waals surface area contributed by atoms with Crippen molar-refractivity contribution in [2.75, 3.05) is 11.1 Å². The van der Waals surface area contributed by atoms with Crippen LogP contribution >= 0.6 is 11.8 Å². The van der Waals surface area contributed by atoms with Crippen LogP contribution in [-0.4, -0.2) is 36.2 Å². The molecule has 0 saturated heterocycles. The summed E-state index contributed by atoms with van der Waals surface area (Å²) in [4.78, 5) is 12.8. The van der Waals surface area contributed by atoms with Crippen LogP contribution in [0.5, 0.6) is 0 Å². The molecular formula is C25H26N6OS. The zero-order valence-corrected chi connectivity index (χ0v) is 19.8. The van der Waals surface area contributed by atoms with Crippen LogP contribution in [0.3, 0.4) is 0 Å². The molecule has 4 aromatic rings. The van der Waals surface area contributed by atoms with E-state index < -0.39 is 0 Å². The lowest BCUT2D eigenvalue weighted by molar-refractivity contribution is -0.113. The van der Waals surface area contributed by atoms with E-state index in [2.05, 4.69) is 33.3 Å². The Kier molecular flexibility index (Phi) is 6.74. The molecule has 0 fully saturated rings. The SMILES string of the molecule is C=CCn1c(SCC(=O)Nc2c(C)nn(-c3ccccc3)c2C)nnc1-c1cccc(C)c1. The molecular weight excluding hydrogens is 432 g/mol. The van der Waals surface area contributed by atoms with Crippen molar-refractivity contribution in [3.63, 3.8) is 0 Å². The maximum Gasteiger partial charge on any atom is 0.234 e. The minimum absolute atomic E-state index is 0.121. The Morgan fingerprint density at radius 2 is 1.88 bits per heavy atom. The molecule has 0 aliphatic carbocycles. The topological polar surface area (TPSA) is 77.6 Å². The van der Waals surface area contributed by atoms with Gasteiger partial charge in [-0.3, -0.25) is 9.36 Å². The van der Waals surface area contributed by atoms with E-state index in [4.69, 9.17) is 0 Å². The molecule has 0 spiro atoms. The first-order valence-corrected chi connectivity index (χ1v) is 11.6. The number of allylic oxidation sites excluding steroid dienone is 1. The first-order chi connectivity index (χ1) is 16.0. The van der Waals surface area contributed by atoms with Gasteiger partial charge in [0.2, 0.25) is 5.91 Å². The third-order valence-corrected chi connectivity index (χ3v) is 6.16. The molecule has 0 unspecified atom stereocenters. The average Bonchev–Trinajstić information content (AvgIpc) is 3.34. The number of carbonyl (C=O) groups is 1. The number of amides is 1.